The smallest absolute Gasteiger partial charge is 0.0958 e. The van der Waals surface area contributed by atoms with Crippen LogP contribution in [0.15, 0.2) is 30.3 Å². The maximum atomic E-state index is 11.3. The van der Waals surface area contributed by atoms with Gasteiger partial charge in [-0.3, -0.25) is 0 Å². The lowest BCUT2D eigenvalue weighted by Crippen LogP contribution is -2.48. The minimum absolute atomic E-state index is 0.468. The number of hydrogen-bond acceptors (Lipinski definition) is 1. The van der Waals surface area contributed by atoms with Gasteiger partial charge in [0.25, 0.3) is 0 Å². The Morgan fingerprint density at radius 1 is 0.941 bits per heavy atom. The van der Waals surface area contributed by atoms with Crippen LogP contribution < -0.4 is 0 Å². The summed E-state index contributed by atoms with van der Waals surface area (Å²) < 4.78 is 0. The van der Waals surface area contributed by atoms with Gasteiger partial charge in [0.15, 0.2) is 0 Å². The molecule has 5 unspecified atom stereocenters. The van der Waals surface area contributed by atoms with Crippen molar-refractivity contribution in [2.24, 2.45) is 35.5 Å². The summed E-state index contributed by atoms with van der Waals surface area (Å²) in [5.41, 5.74) is 0.727. The summed E-state index contributed by atoms with van der Waals surface area (Å²) in [4.78, 5) is 0. The molecule has 5 aliphatic carbocycles. The average Bonchev–Trinajstić information content (AvgIpc) is 3.08. The largest absolute Gasteiger partial charge is 0.385 e. The summed E-state index contributed by atoms with van der Waals surface area (Å²) in [5, 5.41) is 11.3. The zero-order chi connectivity index (χ0) is 11.2. The highest BCUT2D eigenvalue weighted by Crippen LogP contribution is 2.79. The second-order valence-electron chi connectivity index (χ2n) is 6.80. The first-order valence-electron chi connectivity index (χ1n) is 7.08. The number of rotatable bonds is 1. The molecule has 0 amide bonds. The van der Waals surface area contributed by atoms with Crippen LogP contribution in [-0.4, -0.2) is 5.11 Å². The number of benzene rings is 1. The summed E-state index contributed by atoms with van der Waals surface area (Å²) in [7, 11) is 0. The summed E-state index contributed by atoms with van der Waals surface area (Å²) >= 11 is 0. The summed E-state index contributed by atoms with van der Waals surface area (Å²) in [6.45, 7) is 0. The van der Waals surface area contributed by atoms with Crippen LogP contribution in [0.2, 0.25) is 0 Å². The Morgan fingerprint density at radius 2 is 1.59 bits per heavy atom. The van der Waals surface area contributed by atoms with Gasteiger partial charge in [0.2, 0.25) is 0 Å². The van der Waals surface area contributed by atoms with Gasteiger partial charge in [-0.1, -0.05) is 30.3 Å². The normalized spacial score (nSPS) is 57.2. The first-order chi connectivity index (χ1) is 8.30. The Hall–Kier alpha value is -0.820. The molecule has 17 heavy (non-hydrogen) atoms. The SMILES string of the molecule is OC1(c2ccccc2)C2CC3CC(C2)C2C3C21. The van der Waals surface area contributed by atoms with E-state index in [9.17, 15) is 5.11 Å². The van der Waals surface area contributed by atoms with Gasteiger partial charge in [0.1, 0.15) is 0 Å². The zero-order valence-electron chi connectivity index (χ0n) is 9.92. The first kappa shape index (κ1) is 9.16. The number of hydrogen-bond donors (Lipinski definition) is 1. The minimum atomic E-state index is -0.468. The molecule has 1 aromatic rings. The van der Waals surface area contributed by atoms with E-state index in [-0.39, 0.29) is 0 Å². The van der Waals surface area contributed by atoms with Crippen molar-refractivity contribution >= 4 is 0 Å². The maximum absolute atomic E-state index is 11.3. The van der Waals surface area contributed by atoms with Crippen molar-refractivity contribution in [3.8, 4) is 0 Å². The van der Waals surface area contributed by atoms with Gasteiger partial charge in [0, 0.05) is 0 Å². The van der Waals surface area contributed by atoms with Gasteiger partial charge in [-0.25, -0.2) is 0 Å². The molecular formula is C16H18O. The lowest BCUT2D eigenvalue weighted by atomic mass is 9.58. The molecule has 1 aromatic carbocycles. The highest BCUT2D eigenvalue weighted by molar-refractivity contribution is 5.34. The second-order valence-corrected chi connectivity index (χ2v) is 6.80. The van der Waals surface area contributed by atoms with E-state index in [4.69, 9.17) is 0 Å². The molecule has 0 aromatic heterocycles. The molecule has 1 nitrogen and oxygen atoms in total. The van der Waals surface area contributed by atoms with Crippen LogP contribution in [0.4, 0.5) is 0 Å². The first-order valence-corrected chi connectivity index (χ1v) is 7.08. The van der Waals surface area contributed by atoms with E-state index >= 15 is 0 Å². The van der Waals surface area contributed by atoms with Crippen molar-refractivity contribution in [3.05, 3.63) is 35.9 Å². The molecule has 1 heteroatoms. The summed E-state index contributed by atoms with van der Waals surface area (Å²) in [6, 6.07) is 10.5. The maximum Gasteiger partial charge on any atom is 0.0958 e. The minimum Gasteiger partial charge on any atom is -0.385 e. The van der Waals surface area contributed by atoms with Gasteiger partial charge in [0.05, 0.1) is 5.60 Å². The standard InChI is InChI=1S/C16H18O/c17-16(11-4-2-1-3-5-11)12-7-9-6-10(8-12)14-13(9)15(14)16/h1-5,9-10,12-15,17H,6-8H2. The molecule has 0 spiro atoms. The molecule has 5 saturated carbocycles. The topological polar surface area (TPSA) is 20.2 Å². The Balaban J connectivity index is 1.66. The Kier molecular flexibility index (Phi) is 1.41. The van der Waals surface area contributed by atoms with Gasteiger partial charge in [-0.15, -0.1) is 0 Å². The predicted octanol–water partition coefficient (Wildman–Crippen LogP) is 2.80. The third kappa shape index (κ3) is 0.866. The third-order valence-electron chi connectivity index (χ3n) is 6.37. The molecule has 0 aliphatic heterocycles. The van der Waals surface area contributed by atoms with Gasteiger partial charge in [-0.05, 0) is 60.3 Å². The summed E-state index contributed by atoms with van der Waals surface area (Å²) in [6.07, 6.45) is 4.06. The fraction of sp³-hybridized carbons (Fsp3) is 0.625. The molecule has 5 aliphatic rings. The summed E-state index contributed by atoms with van der Waals surface area (Å²) in [5.74, 6) is 4.86. The molecule has 5 atom stereocenters. The Morgan fingerprint density at radius 3 is 2.24 bits per heavy atom. The average molecular weight is 226 g/mol. The molecule has 0 saturated heterocycles. The van der Waals surface area contributed by atoms with Crippen LogP contribution in [-0.2, 0) is 5.60 Å². The molecule has 6 rings (SSSR count). The highest BCUT2D eigenvalue weighted by atomic mass is 16.3. The van der Waals surface area contributed by atoms with Crippen molar-refractivity contribution in [1.82, 2.24) is 0 Å². The van der Waals surface area contributed by atoms with E-state index in [1.54, 1.807) is 0 Å². The van der Waals surface area contributed by atoms with E-state index in [0.29, 0.717) is 11.8 Å². The Bertz CT molecular complexity index is 460. The van der Waals surface area contributed by atoms with E-state index in [0.717, 1.165) is 23.7 Å². The molecule has 0 heterocycles. The quantitative estimate of drug-likeness (QED) is 0.780. The van der Waals surface area contributed by atoms with Crippen molar-refractivity contribution in [2.45, 2.75) is 24.9 Å². The van der Waals surface area contributed by atoms with Crippen molar-refractivity contribution in [3.63, 3.8) is 0 Å². The monoisotopic (exact) mass is 226 g/mol. The molecule has 4 bridgehead atoms. The van der Waals surface area contributed by atoms with E-state index in [1.807, 2.05) is 0 Å². The van der Waals surface area contributed by atoms with Crippen LogP contribution in [0.25, 0.3) is 0 Å². The van der Waals surface area contributed by atoms with Gasteiger partial charge < -0.3 is 5.11 Å². The molecule has 88 valence electrons. The van der Waals surface area contributed by atoms with E-state index in [2.05, 4.69) is 30.3 Å². The lowest BCUT2D eigenvalue weighted by molar-refractivity contribution is -0.123. The van der Waals surface area contributed by atoms with E-state index < -0.39 is 5.60 Å². The molecular weight excluding hydrogens is 208 g/mol. The predicted molar refractivity (Wildman–Crippen MR) is 65.1 cm³/mol. The fourth-order valence-electron chi connectivity index (χ4n) is 5.96. The molecule has 5 fully saturated rings. The van der Waals surface area contributed by atoms with Crippen LogP contribution in [0, 0.1) is 35.5 Å². The van der Waals surface area contributed by atoms with E-state index in [1.165, 1.54) is 24.8 Å². The van der Waals surface area contributed by atoms with Crippen LogP contribution in [0.5, 0.6) is 0 Å². The van der Waals surface area contributed by atoms with Crippen LogP contribution in [0.3, 0.4) is 0 Å². The second kappa shape index (κ2) is 2.61. The highest BCUT2D eigenvalue weighted by Gasteiger charge is 2.77. The van der Waals surface area contributed by atoms with Crippen LogP contribution >= 0.6 is 0 Å². The van der Waals surface area contributed by atoms with Crippen molar-refractivity contribution in [1.29, 1.82) is 0 Å². The number of aliphatic hydroxyl groups is 1. The third-order valence-corrected chi connectivity index (χ3v) is 6.37. The molecule has 1 N–H and O–H groups in total. The lowest BCUT2D eigenvalue weighted by Gasteiger charge is -2.50. The van der Waals surface area contributed by atoms with Gasteiger partial charge >= 0.3 is 0 Å². The van der Waals surface area contributed by atoms with Gasteiger partial charge in [-0.2, -0.15) is 0 Å². The van der Waals surface area contributed by atoms with Crippen molar-refractivity contribution in [2.75, 3.05) is 0 Å². The molecule has 0 radical (unpaired) electrons. The van der Waals surface area contributed by atoms with Crippen molar-refractivity contribution < 1.29 is 5.11 Å². The Labute approximate surface area is 102 Å². The fourth-order valence-corrected chi connectivity index (χ4v) is 5.96. The zero-order valence-corrected chi connectivity index (χ0v) is 9.92. The van der Waals surface area contributed by atoms with Crippen LogP contribution in [0.1, 0.15) is 24.8 Å².